The summed E-state index contributed by atoms with van der Waals surface area (Å²) in [5.41, 5.74) is 1.34. The average Bonchev–Trinajstić information content (AvgIpc) is 3.09. The van der Waals surface area contributed by atoms with Crippen molar-refractivity contribution < 1.29 is 4.74 Å². The van der Waals surface area contributed by atoms with Crippen LogP contribution < -0.4 is 10.6 Å². The van der Waals surface area contributed by atoms with Crippen molar-refractivity contribution in [3.8, 4) is 0 Å². The van der Waals surface area contributed by atoms with E-state index in [-0.39, 0.29) is 24.0 Å². The highest BCUT2D eigenvalue weighted by atomic mass is 127. The van der Waals surface area contributed by atoms with Gasteiger partial charge in [0.1, 0.15) is 0 Å². The summed E-state index contributed by atoms with van der Waals surface area (Å²) in [7, 11) is 3.96. The van der Waals surface area contributed by atoms with Crippen LogP contribution in [0.2, 0.25) is 0 Å². The first kappa shape index (κ1) is 21.2. The number of benzene rings is 1. The number of hydrogen-bond acceptors (Lipinski definition) is 3. The number of aliphatic imine (C=N–C) groups is 1. The molecule has 1 fully saturated rings. The molecule has 2 rings (SSSR count). The van der Waals surface area contributed by atoms with Gasteiger partial charge in [-0.3, -0.25) is 9.89 Å². The van der Waals surface area contributed by atoms with Crippen LogP contribution in [-0.2, 0) is 11.3 Å². The Labute approximate surface area is 163 Å². The van der Waals surface area contributed by atoms with Gasteiger partial charge in [-0.05, 0) is 32.4 Å². The molecule has 1 aromatic carbocycles. The number of nitrogens with zero attached hydrogens (tertiary/aromatic N) is 2. The zero-order valence-electron chi connectivity index (χ0n) is 15.0. The molecular weight excluding hydrogens is 415 g/mol. The molecule has 1 aromatic rings. The van der Waals surface area contributed by atoms with Gasteiger partial charge in [-0.25, -0.2) is 0 Å². The summed E-state index contributed by atoms with van der Waals surface area (Å²) in [6, 6.07) is 11.0. The molecule has 0 saturated carbocycles. The van der Waals surface area contributed by atoms with Crippen molar-refractivity contribution in [2.24, 2.45) is 4.99 Å². The van der Waals surface area contributed by atoms with Crippen LogP contribution in [0.25, 0.3) is 0 Å². The van der Waals surface area contributed by atoms with E-state index in [0.29, 0.717) is 12.1 Å². The maximum atomic E-state index is 5.62. The summed E-state index contributed by atoms with van der Waals surface area (Å²) < 4.78 is 5.62. The maximum absolute atomic E-state index is 5.62. The lowest BCUT2D eigenvalue weighted by molar-refractivity contribution is 0.113. The predicted molar refractivity (Wildman–Crippen MR) is 111 cm³/mol. The van der Waals surface area contributed by atoms with Crippen molar-refractivity contribution in [3.05, 3.63) is 35.9 Å². The molecule has 0 aromatic heterocycles. The van der Waals surface area contributed by atoms with E-state index in [1.54, 1.807) is 0 Å². The fourth-order valence-electron chi connectivity index (χ4n) is 2.66. The number of hydrogen-bond donors (Lipinski definition) is 2. The van der Waals surface area contributed by atoms with E-state index >= 15 is 0 Å². The van der Waals surface area contributed by atoms with Crippen LogP contribution in [0.3, 0.4) is 0 Å². The van der Waals surface area contributed by atoms with E-state index in [4.69, 9.17) is 4.74 Å². The van der Waals surface area contributed by atoms with E-state index in [9.17, 15) is 0 Å². The average molecular weight is 446 g/mol. The van der Waals surface area contributed by atoms with Crippen LogP contribution in [0, 0.1) is 0 Å². The summed E-state index contributed by atoms with van der Waals surface area (Å²) in [5, 5.41) is 6.75. The van der Waals surface area contributed by atoms with Crippen molar-refractivity contribution in [2.75, 3.05) is 33.8 Å². The van der Waals surface area contributed by atoms with Gasteiger partial charge >= 0.3 is 0 Å². The van der Waals surface area contributed by atoms with E-state index in [1.165, 1.54) is 12.0 Å². The minimum absolute atomic E-state index is 0. The van der Waals surface area contributed by atoms with E-state index < -0.39 is 0 Å². The molecule has 0 radical (unpaired) electrons. The molecule has 1 aliphatic rings. The molecule has 5 nitrogen and oxygen atoms in total. The second-order valence-electron chi connectivity index (χ2n) is 6.22. The zero-order valence-corrected chi connectivity index (χ0v) is 17.3. The Hall–Kier alpha value is -0.860. The van der Waals surface area contributed by atoms with Crippen LogP contribution in [0.4, 0.5) is 0 Å². The van der Waals surface area contributed by atoms with E-state index in [1.807, 2.05) is 7.05 Å². The molecule has 1 heterocycles. The second-order valence-corrected chi connectivity index (χ2v) is 6.22. The number of ether oxygens (including phenoxy) is 1. The summed E-state index contributed by atoms with van der Waals surface area (Å²) >= 11 is 0. The highest BCUT2D eigenvalue weighted by Gasteiger charge is 2.16. The SMILES string of the molecule is CN=C(NCC1CCCO1)NCC(C)N(C)Cc1ccccc1.I. The first-order chi connectivity index (χ1) is 11.2. The van der Waals surface area contributed by atoms with Crippen molar-refractivity contribution in [2.45, 2.75) is 38.5 Å². The van der Waals surface area contributed by atoms with Crippen molar-refractivity contribution in [3.63, 3.8) is 0 Å². The van der Waals surface area contributed by atoms with Crippen LogP contribution >= 0.6 is 24.0 Å². The third-order valence-electron chi connectivity index (χ3n) is 4.34. The molecule has 0 bridgehead atoms. The molecule has 1 aliphatic heterocycles. The molecule has 24 heavy (non-hydrogen) atoms. The molecule has 0 spiro atoms. The number of halogens is 1. The van der Waals surface area contributed by atoms with Crippen LogP contribution in [0.15, 0.2) is 35.3 Å². The van der Waals surface area contributed by atoms with Crippen LogP contribution in [-0.4, -0.2) is 56.8 Å². The monoisotopic (exact) mass is 446 g/mol. The highest BCUT2D eigenvalue weighted by molar-refractivity contribution is 14.0. The fraction of sp³-hybridized carbons (Fsp3) is 0.611. The zero-order chi connectivity index (χ0) is 16.5. The van der Waals surface area contributed by atoms with Gasteiger partial charge in [0, 0.05) is 39.3 Å². The van der Waals surface area contributed by atoms with Crippen LogP contribution in [0.5, 0.6) is 0 Å². The third-order valence-corrected chi connectivity index (χ3v) is 4.34. The standard InChI is InChI=1S/C18H30N4O.HI/c1-15(22(3)14-16-8-5-4-6-9-16)12-20-18(19-2)21-13-17-10-7-11-23-17;/h4-6,8-9,15,17H,7,10-14H2,1-3H3,(H2,19,20,21);1H. The Morgan fingerprint density at radius 3 is 2.71 bits per heavy atom. The van der Waals surface area contributed by atoms with Crippen molar-refractivity contribution >= 4 is 29.9 Å². The van der Waals surface area contributed by atoms with Crippen molar-refractivity contribution in [1.82, 2.24) is 15.5 Å². The number of likely N-dealkylation sites (N-methyl/N-ethyl adjacent to an activating group) is 1. The molecule has 6 heteroatoms. The smallest absolute Gasteiger partial charge is 0.191 e. The minimum Gasteiger partial charge on any atom is -0.376 e. The topological polar surface area (TPSA) is 48.9 Å². The highest BCUT2D eigenvalue weighted by Crippen LogP contribution is 2.10. The van der Waals surface area contributed by atoms with Gasteiger partial charge in [-0.2, -0.15) is 0 Å². The first-order valence-electron chi connectivity index (χ1n) is 8.49. The van der Waals surface area contributed by atoms with Gasteiger partial charge in [0.05, 0.1) is 6.10 Å². The molecule has 2 atom stereocenters. The van der Waals surface area contributed by atoms with Crippen LogP contribution in [0.1, 0.15) is 25.3 Å². The van der Waals surface area contributed by atoms with E-state index in [0.717, 1.165) is 38.6 Å². The Morgan fingerprint density at radius 1 is 1.33 bits per heavy atom. The van der Waals surface area contributed by atoms with Gasteiger partial charge in [0.25, 0.3) is 0 Å². The third kappa shape index (κ3) is 7.36. The summed E-state index contributed by atoms with van der Waals surface area (Å²) in [4.78, 5) is 6.63. The number of nitrogens with one attached hydrogen (secondary N) is 2. The maximum Gasteiger partial charge on any atom is 0.191 e. The molecule has 0 aliphatic carbocycles. The summed E-state index contributed by atoms with van der Waals surface area (Å²) in [6.07, 6.45) is 2.63. The summed E-state index contributed by atoms with van der Waals surface area (Å²) in [6.45, 7) is 5.75. The van der Waals surface area contributed by atoms with Crippen molar-refractivity contribution in [1.29, 1.82) is 0 Å². The minimum atomic E-state index is 0. The van der Waals surface area contributed by atoms with Gasteiger partial charge in [-0.1, -0.05) is 30.3 Å². The number of rotatable bonds is 7. The number of guanidine groups is 1. The van der Waals surface area contributed by atoms with E-state index in [2.05, 4.69) is 64.8 Å². The Morgan fingerprint density at radius 2 is 2.08 bits per heavy atom. The predicted octanol–water partition coefficient (Wildman–Crippen LogP) is 2.47. The first-order valence-corrected chi connectivity index (χ1v) is 8.49. The Balaban J connectivity index is 0.00000288. The quantitative estimate of drug-likeness (QED) is 0.384. The summed E-state index contributed by atoms with van der Waals surface area (Å²) in [5.74, 6) is 0.848. The van der Waals surface area contributed by atoms with Gasteiger partial charge in [0.2, 0.25) is 0 Å². The lowest BCUT2D eigenvalue weighted by Gasteiger charge is -2.26. The van der Waals surface area contributed by atoms with Gasteiger partial charge < -0.3 is 15.4 Å². The Bertz CT molecular complexity index is 477. The molecule has 1 saturated heterocycles. The molecular formula is C18H31IN4O. The second kappa shape index (κ2) is 11.7. The molecule has 136 valence electrons. The molecule has 0 amide bonds. The molecule has 2 N–H and O–H groups in total. The van der Waals surface area contributed by atoms with Gasteiger partial charge in [0.15, 0.2) is 5.96 Å². The van der Waals surface area contributed by atoms with Gasteiger partial charge in [-0.15, -0.1) is 24.0 Å². The lowest BCUT2D eigenvalue weighted by atomic mass is 10.2. The fourth-order valence-corrected chi connectivity index (χ4v) is 2.66. The Kier molecular flexibility index (Phi) is 10.3. The lowest BCUT2D eigenvalue weighted by Crippen LogP contribution is -2.46. The molecule has 2 unspecified atom stereocenters. The normalized spacial score (nSPS) is 19.0. The largest absolute Gasteiger partial charge is 0.376 e.